The van der Waals surface area contributed by atoms with Crippen molar-refractivity contribution in [2.45, 2.75) is 38.1 Å². The van der Waals surface area contributed by atoms with Gasteiger partial charge in [-0.15, -0.1) is 10.2 Å². The van der Waals surface area contributed by atoms with Crippen LogP contribution in [0.3, 0.4) is 0 Å². The maximum absolute atomic E-state index is 5.94. The second kappa shape index (κ2) is 7.37. The molecule has 25 heavy (non-hydrogen) atoms. The number of nitrogens with one attached hydrogen (secondary N) is 1. The van der Waals surface area contributed by atoms with Crippen molar-refractivity contribution in [3.63, 3.8) is 0 Å². The zero-order valence-electron chi connectivity index (χ0n) is 14.6. The largest absolute Gasteiger partial charge is 0.361 e. The molecule has 0 amide bonds. The van der Waals surface area contributed by atoms with Gasteiger partial charge >= 0.3 is 0 Å². The fourth-order valence-corrected chi connectivity index (χ4v) is 3.96. The van der Waals surface area contributed by atoms with E-state index in [0.29, 0.717) is 6.04 Å². The third-order valence-electron chi connectivity index (χ3n) is 5.38. The minimum Gasteiger partial charge on any atom is -0.361 e. The highest BCUT2D eigenvalue weighted by molar-refractivity contribution is 5.85. The van der Waals surface area contributed by atoms with Crippen LogP contribution in [-0.2, 0) is 6.42 Å². The summed E-state index contributed by atoms with van der Waals surface area (Å²) < 4.78 is 1.94. The van der Waals surface area contributed by atoms with Gasteiger partial charge in [0, 0.05) is 35.4 Å². The van der Waals surface area contributed by atoms with Crippen LogP contribution in [0.25, 0.3) is 16.6 Å². The molecule has 6 nitrogen and oxygen atoms in total. The molecule has 4 rings (SSSR count). The third kappa shape index (κ3) is 3.45. The van der Waals surface area contributed by atoms with E-state index in [0.717, 1.165) is 25.2 Å². The van der Waals surface area contributed by atoms with E-state index in [2.05, 4.69) is 44.5 Å². The Kier molecular flexibility index (Phi) is 4.81. The first kappa shape index (κ1) is 16.3. The number of aryl methyl sites for hydroxylation is 1. The maximum Gasteiger partial charge on any atom is 0.123 e. The summed E-state index contributed by atoms with van der Waals surface area (Å²) in [6, 6.07) is 7.01. The average molecular weight is 338 g/mol. The summed E-state index contributed by atoms with van der Waals surface area (Å²) >= 11 is 0. The summed E-state index contributed by atoms with van der Waals surface area (Å²) in [5.41, 5.74) is 9.60. The summed E-state index contributed by atoms with van der Waals surface area (Å²) in [4.78, 5) is 5.98. The van der Waals surface area contributed by atoms with Crippen LogP contribution in [0.4, 0.5) is 0 Å². The molecular weight excluding hydrogens is 312 g/mol. The van der Waals surface area contributed by atoms with Crippen molar-refractivity contribution in [2.75, 3.05) is 19.6 Å². The van der Waals surface area contributed by atoms with Crippen molar-refractivity contribution in [1.29, 1.82) is 0 Å². The van der Waals surface area contributed by atoms with Gasteiger partial charge in [-0.2, -0.15) is 0 Å². The van der Waals surface area contributed by atoms with E-state index in [4.69, 9.17) is 5.73 Å². The fraction of sp³-hybridized carbons (Fsp3) is 0.474. The zero-order chi connectivity index (χ0) is 17.1. The van der Waals surface area contributed by atoms with Crippen LogP contribution >= 0.6 is 0 Å². The number of nitrogens with two attached hydrogens (primary N) is 1. The number of hydrogen-bond donors (Lipinski definition) is 2. The highest BCUT2D eigenvalue weighted by Crippen LogP contribution is 2.23. The Bertz CT molecular complexity index is 807. The van der Waals surface area contributed by atoms with Gasteiger partial charge in [-0.3, -0.25) is 9.47 Å². The average Bonchev–Trinajstić information content (AvgIpc) is 3.32. The summed E-state index contributed by atoms with van der Waals surface area (Å²) in [7, 11) is 0. The number of nitrogens with zero attached hydrogens (tertiary/aromatic N) is 4. The molecule has 0 aliphatic carbocycles. The third-order valence-corrected chi connectivity index (χ3v) is 5.38. The molecule has 3 aromatic rings. The number of aromatic nitrogens is 4. The molecule has 0 bridgehead atoms. The molecule has 1 aromatic carbocycles. The highest BCUT2D eigenvalue weighted by atomic mass is 15.2. The fourth-order valence-electron chi connectivity index (χ4n) is 3.96. The van der Waals surface area contributed by atoms with Crippen molar-refractivity contribution in [1.82, 2.24) is 24.6 Å². The molecule has 132 valence electrons. The first-order valence-corrected chi connectivity index (χ1v) is 9.24. The number of H-pyrrole nitrogens is 1. The minimum absolute atomic E-state index is 0.581. The number of hydrogen-bond acceptors (Lipinski definition) is 4. The van der Waals surface area contributed by atoms with Crippen molar-refractivity contribution < 1.29 is 0 Å². The Balaban J connectivity index is 1.45. The Morgan fingerprint density at radius 2 is 2.08 bits per heavy atom. The number of benzene rings is 1. The van der Waals surface area contributed by atoms with Gasteiger partial charge in [-0.1, -0.05) is 6.42 Å². The van der Waals surface area contributed by atoms with Gasteiger partial charge < -0.3 is 10.7 Å². The second-order valence-corrected chi connectivity index (χ2v) is 6.94. The van der Waals surface area contributed by atoms with E-state index >= 15 is 0 Å². The quantitative estimate of drug-likeness (QED) is 0.724. The first-order valence-electron chi connectivity index (χ1n) is 9.24. The number of rotatable bonds is 6. The van der Waals surface area contributed by atoms with Crippen LogP contribution in [0.1, 0.15) is 31.2 Å². The lowest BCUT2D eigenvalue weighted by Crippen LogP contribution is -2.44. The van der Waals surface area contributed by atoms with E-state index in [9.17, 15) is 0 Å². The van der Waals surface area contributed by atoms with E-state index < -0.39 is 0 Å². The second-order valence-electron chi connectivity index (χ2n) is 6.94. The Morgan fingerprint density at radius 3 is 2.92 bits per heavy atom. The normalized spacial score (nSPS) is 18.8. The van der Waals surface area contributed by atoms with Crippen molar-refractivity contribution >= 4 is 10.9 Å². The van der Waals surface area contributed by atoms with E-state index in [1.165, 1.54) is 48.7 Å². The van der Waals surface area contributed by atoms with Crippen LogP contribution < -0.4 is 5.73 Å². The Morgan fingerprint density at radius 1 is 1.20 bits per heavy atom. The lowest BCUT2D eigenvalue weighted by atomic mass is 10.0. The zero-order valence-corrected chi connectivity index (χ0v) is 14.6. The van der Waals surface area contributed by atoms with Gasteiger partial charge in [0.2, 0.25) is 0 Å². The summed E-state index contributed by atoms with van der Waals surface area (Å²) in [6.07, 6.45) is 11.8. The van der Waals surface area contributed by atoms with Crippen molar-refractivity contribution in [3.05, 3.63) is 42.6 Å². The monoisotopic (exact) mass is 338 g/mol. The molecule has 0 radical (unpaired) electrons. The SMILES string of the molecule is NCC1CCCCN1CCCc1c[nH]c2ccc(-n3cnnc3)cc12. The molecule has 1 unspecified atom stereocenters. The van der Waals surface area contributed by atoms with Crippen LogP contribution in [0, 0.1) is 0 Å². The molecule has 1 atom stereocenters. The van der Waals surface area contributed by atoms with E-state index in [1.54, 1.807) is 12.7 Å². The summed E-state index contributed by atoms with van der Waals surface area (Å²) in [5.74, 6) is 0. The predicted octanol–water partition coefficient (Wildman–Crippen LogP) is 2.49. The van der Waals surface area contributed by atoms with Gasteiger partial charge in [-0.25, -0.2) is 0 Å². The maximum atomic E-state index is 5.94. The summed E-state index contributed by atoms with van der Waals surface area (Å²) in [5, 5.41) is 9.08. The molecule has 0 saturated carbocycles. The van der Waals surface area contributed by atoms with Crippen molar-refractivity contribution in [3.8, 4) is 5.69 Å². The number of fused-ring (bicyclic) bond motifs is 1. The van der Waals surface area contributed by atoms with Crippen LogP contribution in [0.2, 0.25) is 0 Å². The lowest BCUT2D eigenvalue weighted by Gasteiger charge is -2.34. The van der Waals surface area contributed by atoms with Gasteiger partial charge in [0.1, 0.15) is 12.7 Å². The smallest absolute Gasteiger partial charge is 0.123 e. The van der Waals surface area contributed by atoms with Gasteiger partial charge in [0.15, 0.2) is 0 Å². The molecule has 3 N–H and O–H groups in total. The predicted molar refractivity (Wildman–Crippen MR) is 99.8 cm³/mol. The van der Waals surface area contributed by atoms with Crippen molar-refractivity contribution in [2.24, 2.45) is 5.73 Å². The molecule has 2 aromatic heterocycles. The molecule has 1 fully saturated rings. The highest BCUT2D eigenvalue weighted by Gasteiger charge is 2.20. The van der Waals surface area contributed by atoms with Gasteiger partial charge in [-0.05, 0) is 62.5 Å². The molecule has 3 heterocycles. The molecule has 1 aliphatic rings. The van der Waals surface area contributed by atoms with E-state index in [-0.39, 0.29) is 0 Å². The van der Waals surface area contributed by atoms with E-state index in [1.807, 2.05) is 4.57 Å². The minimum atomic E-state index is 0.581. The summed E-state index contributed by atoms with van der Waals surface area (Å²) in [6.45, 7) is 3.13. The Hall–Kier alpha value is -2.18. The Labute approximate surface area is 148 Å². The van der Waals surface area contributed by atoms with Crippen LogP contribution in [0.15, 0.2) is 37.1 Å². The number of aromatic amines is 1. The van der Waals surface area contributed by atoms with Gasteiger partial charge in [0.05, 0.1) is 0 Å². The molecule has 6 heteroatoms. The van der Waals surface area contributed by atoms with Crippen LogP contribution in [0.5, 0.6) is 0 Å². The number of likely N-dealkylation sites (tertiary alicyclic amines) is 1. The number of piperidine rings is 1. The standard InChI is InChI=1S/C19H26N6/c20-11-17-5-1-2-8-24(17)9-3-4-15-12-21-19-7-6-16(10-18(15)19)25-13-22-23-14-25/h6-7,10,12-14,17,21H,1-5,8-9,11,20H2. The lowest BCUT2D eigenvalue weighted by molar-refractivity contribution is 0.151. The molecular formula is C19H26N6. The molecule has 0 spiro atoms. The first-order chi connectivity index (χ1) is 12.3. The van der Waals surface area contributed by atoms with Crippen LogP contribution in [-0.4, -0.2) is 50.3 Å². The molecule has 1 saturated heterocycles. The van der Waals surface area contributed by atoms with Gasteiger partial charge in [0.25, 0.3) is 0 Å². The molecule has 1 aliphatic heterocycles. The topological polar surface area (TPSA) is 75.8 Å².